The van der Waals surface area contributed by atoms with E-state index in [1.54, 1.807) is 48.7 Å². The maximum atomic E-state index is 12.0. The van der Waals surface area contributed by atoms with Crippen molar-refractivity contribution in [3.63, 3.8) is 0 Å². The Labute approximate surface area is 237 Å². The maximum Gasteiger partial charge on any atom is 0.337 e. The molecule has 0 bridgehead atoms. The molecule has 10 nitrogen and oxygen atoms in total. The Kier molecular flexibility index (Phi) is 7.46. The Morgan fingerprint density at radius 3 is 2.50 bits per heavy atom. The van der Waals surface area contributed by atoms with Gasteiger partial charge in [0.2, 0.25) is 10.0 Å². The number of hydrogen-bond donors (Lipinski definition) is 2. The van der Waals surface area contributed by atoms with Crippen LogP contribution in [0.25, 0.3) is 11.3 Å². The van der Waals surface area contributed by atoms with E-state index in [-0.39, 0.29) is 11.7 Å². The third-order valence-corrected chi connectivity index (χ3v) is 7.27. The molecule has 0 spiro atoms. The minimum Gasteiger partial charge on any atom is -0.495 e. The fourth-order valence-corrected chi connectivity index (χ4v) is 5.51. The largest absolute Gasteiger partial charge is 0.495 e. The van der Waals surface area contributed by atoms with Gasteiger partial charge < -0.3 is 24.1 Å². The molecule has 4 aromatic rings. The number of methoxy groups -OCH3 is 2. The van der Waals surface area contributed by atoms with Gasteiger partial charge in [-0.2, -0.15) is 0 Å². The molecule has 40 heavy (non-hydrogen) atoms. The van der Waals surface area contributed by atoms with Gasteiger partial charge in [0.25, 0.3) is 0 Å². The smallest absolute Gasteiger partial charge is 0.337 e. The normalized spacial score (nSPS) is 16.9. The lowest BCUT2D eigenvalue weighted by Gasteiger charge is -2.27. The monoisotopic (exact) mass is 578 g/mol. The Bertz CT molecular complexity index is 1660. The van der Waals surface area contributed by atoms with Crippen molar-refractivity contribution in [1.29, 1.82) is 0 Å². The van der Waals surface area contributed by atoms with E-state index in [0.29, 0.717) is 33.6 Å². The van der Waals surface area contributed by atoms with Crippen molar-refractivity contribution < 1.29 is 27.1 Å². The second-order valence-electron chi connectivity index (χ2n) is 9.03. The van der Waals surface area contributed by atoms with Gasteiger partial charge in [-0.25, -0.2) is 13.2 Å². The Morgan fingerprint density at radius 2 is 1.85 bits per heavy atom. The van der Waals surface area contributed by atoms with Crippen molar-refractivity contribution in [3.05, 3.63) is 96.0 Å². The van der Waals surface area contributed by atoms with Gasteiger partial charge in [0.05, 0.1) is 43.5 Å². The van der Waals surface area contributed by atoms with Crippen molar-refractivity contribution in [2.45, 2.75) is 12.1 Å². The fourth-order valence-electron chi connectivity index (χ4n) is 4.60. The van der Waals surface area contributed by atoms with Gasteiger partial charge in [-0.1, -0.05) is 18.2 Å². The summed E-state index contributed by atoms with van der Waals surface area (Å²) in [6, 6.07) is 20.5. The minimum atomic E-state index is -3.58. The maximum absolute atomic E-state index is 12.0. The number of benzene rings is 2. The van der Waals surface area contributed by atoms with Crippen molar-refractivity contribution in [2.75, 3.05) is 30.1 Å². The molecule has 2 N–H and O–H groups in total. The van der Waals surface area contributed by atoms with E-state index in [0.717, 1.165) is 17.5 Å². The molecule has 2 aromatic carbocycles. The number of aromatic nitrogens is 1. The molecule has 0 saturated carbocycles. The summed E-state index contributed by atoms with van der Waals surface area (Å²) >= 11 is 5.77. The van der Waals surface area contributed by atoms with Gasteiger partial charge in [0.1, 0.15) is 23.3 Å². The van der Waals surface area contributed by atoms with Gasteiger partial charge in [0.15, 0.2) is 5.11 Å². The van der Waals surface area contributed by atoms with Crippen LogP contribution < -0.4 is 19.7 Å². The quantitative estimate of drug-likeness (QED) is 0.225. The second-order valence-corrected chi connectivity index (χ2v) is 11.2. The highest BCUT2D eigenvalue weighted by Gasteiger charge is 2.42. The van der Waals surface area contributed by atoms with E-state index in [1.165, 1.54) is 14.2 Å². The average molecular weight is 579 g/mol. The summed E-state index contributed by atoms with van der Waals surface area (Å²) in [5.41, 5.74) is 2.85. The first-order valence-corrected chi connectivity index (χ1v) is 14.4. The summed E-state index contributed by atoms with van der Waals surface area (Å²) in [6.07, 6.45) is 2.78. The van der Waals surface area contributed by atoms with Gasteiger partial charge in [-0.05, 0) is 66.8 Å². The minimum absolute atomic E-state index is 0.274. The molecule has 0 unspecified atom stereocenters. The molecular weight excluding hydrogens is 552 g/mol. The Hall–Kier alpha value is -4.42. The summed E-state index contributed by atoms with van der Waals surface area (Å²) in [4.78, 5) is 18.2. The number of nitrogens with zero attached hydrogens (tertiary/aromatic N) is 2. The number of nitrogens with one attached hydrogen (secondary N) is 2. The van der Waals surface area contributed by atoms with Crippen LogP contribution in [0.3, 0.4) is 0 Å². The van der Waals surface area contributed by atoms with Crippen molar-refractivity contribution >= 4 is 44.7 Å². The standard InChI is InChI=1S/C28H26N4O6S2/c1-36-23-12-11-19(16-21(23)31-40(3,34)35)32-26(25(30-28(32)39)20-6-4-5-15-29-20)24-14-13-22(38-24)17-7-9-18(10-8-17)27(33)37-2/h4-16,25-26,31H,1-3H3,(H,30,39)/t25-,26-/m0/s1. The summed E-state index contributed by atoms with van der Waals surface area (Å²) in [6.45, 7) is 0. The third kappa shape index (κ3) is 5.49. The summed E-state index contributed by atoms with van der Waals surface area (Å²) in [5, 5.41) is 3.77. The highest BCUT2D eigenvalue weighted by Crippen LogP contribution is 2.44. The number of anilines is 2. The third-order valence-electron chi connectivity index (χ3n) is 6.36. The van der Waals surface area contributed by atoms with Crippen LogP contribution in [0.4, 0.5) is 11.4 Å². The summed E-state index contributed by atoms with van der Waals surface area (Å²) in [7, 11) is -0.775. The van der Waals surface area contributed by atoms with E-state index < -0.39 is 22.0 Å². The van der Waals surface area contributed by atoms with E-state index in [1.807, 2.05) is 35.2 Å². The Morgan fingerprint density at radius 1 is 1.07 bits per heavy atom. The predicted octanol–water partition coefficient (Wildman–Crippen LogP) is 4.69. The van der Waals surface area contributed by atoms with Gasteiger partial charge in [0, 0.05) is 17.4 Å². The zero-order chi connectivity index (χ0) is 28.4. The van der Waals surface area contributed by atoms with Crippen LogP contribution in [-0.2, 0) is 14.8 Å². The van der Waals surface area contributed by atoms with Gasteiger partial charge >= 0.3 is 5.97 Å². The highest BCUT2D eigenvalue weighted by molar-refractivity contribution is 7.92. The summed E-state index contributed by atoms with van der Waals surface area (Å²) < 4.78 is 43.1. The molecule has 1 aliphatic heterocycles. The van der Waals surface area contributed by atoms with E-state index in [9.17, 15) is 13.2 Å². The molecule has 1 aliphatic rings. The van der Waals surface area contributed by atoms with E-state index in [2.05, 4.69) is 15.0 Å². The lowest BCUT2D eigenvalue weighted by molar-refractivity contribution is 0.0600. The molecule has 2 aromatic heterocycles. The van der Waals surface area contributed by atoms with Crippen molar-refractivity contribution in [1.82, 2.24) is 10.3 Å². The SMILES string of the molecule is COC(=O)c1ccc(-c2ccc([C@H]3[C@H](c4ccccn4)NC(=S)N3c3ccc(OC)c(NS(C)(=O)=O)c3)o2)cc1. The van der Waals surface area contributed by atoms with Gasteiger partial charge in [-0.3, -0.25) is 9.71 Å². The molecule has 12 heteroatoms. The molecule has 5 rings (SSSR count). The molecule has 1 fully saturated rings. The van der Waals surface area contributed by atoms with Crippen LogP contribution in [0.5, 0.6) is 5.75 Å². The first kappa shape index (κ1) is 27.2. The Balaban J connectivity index is 1.57. The second kappa shape index (κ2) is 11.0. The van der Waals surface area contributed by atoms with E-state index in [4.69, 9.17) is 26.1 Å². The fraction of sp³-hybridized carbons (Fsp3) is 0.179. The number of carbonyl (C=O) groups is 1. The first-order valence-electron chi connectivity index (χ1n) is 12.1. The van der Waals surface area contributed by atoms with Crippen LogP contribution >= 0.6 is 12.2 Å². The molecule has 2 atom stereocenters. The molecular formula is C28H26N4O6S2. The van der Waals surface area contributed by atoms with Crippen LogP contribution in [0.15, 0.2) is 83.4 Å². The molecule has 0 aliphatic carbocycles. The molecule has 1 saturated heterocycles. The van der Waals surface area contributed by atoms with Crippen LogP contribution in [0.1, 0.15) is 33.9 Å². The number of ether oxygens (including phenoxy) is 2. The number of esters is 1. The number of carbonyl (C=O) groups excluding carboxylic acids is 1. The average Bonchev–Trinajstić information content (AvgIpc) is 3.57. The zero-order valence-corrected chi connectivity index (χ0v) is 23.5. The topological polar surface area (TPSA) is 123 Å². The molecule has 206 valence electrons. The first-order chi connectivity index (χ1) is 19.2. The predicted molar refractivity (Wildman–Crippen MR) is 155 cm³/mol. The van der Waals surface area contributed by atoms with Crippen molar-refractivity contribution in [3.8, 4) is 17.1 Å². The van der Waals surface area contributed by atoms with E-state index >= 15 is 0 Å². The van der Waals surface area contributed by atoms with Crippen molar-refractivity contribution in [2.24, 2.45) is 0 Å². The number of furan rings is 1. The number of hydrogen-bond acceptors (Lipinski definition) is 8. The highest BCUT2D eigenvalue weighted by atomic mass is 32.2. The molecule has 0 amide bonds. The summed E-state index contributed by atoms with van der Waals surface area (Å²) in [5.74, 6) is 1.14. The van der Waals surface area contributed by atoms with Crippen LogP contribution in [0.2, 0.25) is 0 Å². The molecule has 0 radical (unpaired) electrons. The number of rotatable bonds is 8. The number of sulfonamides is 1. The number of thiocarbonyl (C=S) groups is 1. The molecule has 3 heterocycles. The lowest BCUT2D eigenvalue weighted by atomic mass is 10.0. The van der Waals surface area contributed by atoms with Crippen LogP contribution in [-0.4, -0.2) is 45.0 Å². The zero-order valence-electron chi connectivity index (χ0n) is 21.8. The number of pyridine rings is 1. The van der Waals surface area contributed by atoms with Gasteiger partial charge in [-0.15, -0.1) is 0 Å². The lowest BCUT2D eigenvalue weighted by Crippen LogP contribution is -2.29. The van der Waals surface area contributed by atoms with Crippen LogP contribution in [0, 0.1) is 0 Å².